The number of nitrogens with one attached hydrogen (secondary N) is 1. The second-order valence-electron chi connectivity index (χ2n) is 4.63. The van der Waals surface area contributed by atoms with Gasteiger partial charge in [-0.1, -0.05) is 12.1 Å². The van der Waals surface area contributed by atoms with E-state index in [1.54, 1.807) is 19.1 Å². The zero-order valence-electron chi connectivity index (χ0n) is 10.8. The van der Waals surface area contributed by atoms with Crippen LogP contribution in [0.2, 0.25) is 0 Å². The Morgan fingerprint density at radius 1 is 0.950 bits per heavy atom. The molecule has 0 saturated carbocycles. The lowest BCUT2D eigenvalue weighted by Gasteiger charge is -2.16. The Labute approximate surface area is 114 Å². The van der Waals surface area contributed by atoms with E-state index in [4.69, 9.17) is 0 Å². The summed E-state index contributed by atoms with van der Waals surface area (Å²) >= 11 is 0. The molecule has 2 aromatic rings. The first-order valence-electron chi connectivity index (χ1n) is 6.11. The van der Waals surface area contributed by atoms with Crippen LogP contribution in [-0.2, 0) is 6.42 Å². The molecule has 106 valence electrons. The van der Waals surface area contributed by atoms with E-state index in [0.29, 0.717) is 12.5 Å². The van der Waals surface area contributed by atoms with Gasteiger partial charge in [-0.15, -0.1) is 0 Å². The largest absolute Gasteiger partial charge is 0.380 e. The summed E-state index contributed by atoms with van der Waals surface area (Å²) < 4.78 is 52.4. The van der Waals surface area contributed by atoms with Crippen molar-refractivity contribution in [3.63, 3.8) is 0 Å². The lowest BCUT2D eigenvalue weighted by Crippen LogP contribution is -2.19. The van der Waals surface area contributed by atoms with Crippen molar-refractivity contribution in [2.75, 3.05) is 5.32 Å². The van der Waals surface area contributed by atoms with Crippen molar-refractivity contribution in [1.82, 2.24) is 0 Å². The molecule has 0 fully saturated rings. The maximum Gasteiger partial charge on any atom is 0.182 e. The van der Waals surface area contributed by atoms with Crippen molar-refractivity contribution < 1.29 is 17.6 Å². The van der Waals surface area contributed by atoms with Crippen molar-refractivity contribution in [2.45, 2.75) is 19.4 Å². The summed E-state index contributed by atoms with van der Waals surface area (Å²) in [6, 6.07) is 6.99. The van der Waals surface area contributed by atoms with Gasteiger partial charge in [0.05, 0.1) is 5.69 Å². The van der Waals surface area contributed by atoms with E-state index < -0.39 is 17.5 Å². The van der Waals surface area contributed by atoms with Crippen molar-refractivity contribution in [2.24, 2.45) is 0 Å². The molecule has 1 nitrogen and oxygen atoms in total. The highest BCUT2D eigenvalue weighted by Crippen LogP contribution is 2.20. The Bertz CT molecular complexity index is 596. The van der Waals surface area contributed by atoms with Crippen molar-refractivity contribution in [1.29, 1.82) is 0 Å². The quantitative estimate of drug-likeness (QED) is 0.652. The molecule has 0 spiro atoms. The minimum atomic E-state index is -1.23. The standard InChI is InChI=1S/C15H13F4N/c1-9(6-10-2-4-11(16)5-3-10)20-14-8-12(17)7-13(18)15(14)19/h2-5,7-9,20H,6H2,1H3. The Morgan fingerprint density at radius 3 is 2.25 bits per heavy atom. The van der Waals surface area contributed by atoms with Gasteiger partial charge in [-0.3, -0.25) is 0 Å². The lowest BCUT2D eigenvalue weighted by molar-refractivity contribution is 0.496. The van der Waals surface area contributed by atoms with Gasteiger partial charge < -0.3 is 5.32 Å². The van der Waals surface area contributed by atoms with Gasteiger partial charge in [0.1, 0.15) is 11.6 Å². The van der Waals surface area contributed by atoms with E-state index in [9.17, 15) is 17.6 Å². The van der Waals surface area contributed by atoms with E-state index in [1.807, 2.05) is 0 Å². The van der Waals surface area contributed by atoms with Crippen LogP contribution < -0.4 is 5.32 Å². The minimum Gasteiger partial charge on any atom is -0.380 e. The summed E-state index contributed by atoms with van der Waals surface area (Å²) in [6.45, 7) is 1.74. The summed E-state index contributed by atoms with van der Waals surface area (Å²) in [6.07, 6.45) is 0.470. The van der Waals surface area contributed by atoms with Crippen LogP contribution in [0.4, 0.5) is 23.2 Å². The van der Waals surface area contributed by atoms with E-state index >= 15 is 0 Å². The van der Waals surface area contributed by atoms with Gasteiger partial charge in [-0.25, -0.2) is 17.6 Å². The molecule has 0 aliphatic heterocycles. The van der Waals surface area contributed by atoms with E-state index in [-0.39, 0.29) is 17.5 Å². The molecule has 0 aliphatic carbocycles. The number of rotatable bonds is 4. The van der Waals surface area contributed by atoms with E-state index in [0.717, 1.165) is 11.6 Å². The first-order chi connectivity index (χ1) is 9.45. The molecule has 0 radical (unpaired) electrons. The lowest BCUT2D eigenvalue weighted by atomic mass is 10.1. The number of hydrogen-bond acceptors (Lipinski definition) is 1. The first kappa shape index (κ1) is 14.4. The van der Waals surface area contributed by atoms with Crippen molar-refractivity contribution in [3.05, 3.63) is 65.2 Å². The molecule has 0 saturated heterocycles. The van der Waals surface area contributed by atoms with Crippen LogP contribution in [0, 0.1) is 23.3 Å². The number of halogens is 4. The van der Waals surface area contributed by atoms with Crippen LogP contribution >= 0.6 is 0 Å². The first-order valence-corrected chi connectivity index (χ1v) is 6.11. The predicted octanol–water partition coefficient (Wildman–Crippen LogP) is 4.29. The molecule has 1 atom stereocenters. The molecular weight excluding hydrogens is 270 g/mol. The van der Waals surface area contributed by atoms with Crippen LogP contribution in [0.15, 0.2) is 36.4 Å². The van der Waals surface area contributed by atoms with E-state index in [2.05, 4.69) is 5.32 Å². The third kappa shape index (κ3) is 3.50. The van der Waals surface area contributed by atoms with Gasteiger partial charge in [0.15, 0.2) is 11.6 Å². The molecule has 0 amide bonds. The second-order valence-corrected chi connectivity index (χ2v) is 4.63. The van der Waals surface area contributed by atoms with Gasteiger partial charge >= 0.3 is 0 Å². The van der Waals surface area contributed by atoms with E-state index in [1.165, 1.54) is 12.1 Å². The van der Waals surface area contributed by atoms with Crippen molar-refractivity contribution >= 4 is 5.69 Å². The normalized spacial score (nSPS) is 12.2. The highest BCUT2D eigenvalue weighted by atomic mass is 19.2. The molecule has 20 heavy (non-hydrogen) atoms. The highest BCUT2D eigenvalue weighted by molar-refractivity contribution is 5.46. The maximum absolute atomic E-state index is 13.5. The summed E-state index contributed by atoms with van der Waals surface area (Å²) in [5.74, 6) is -3.54. The highest BCUT2D eigenvalue weighted by Gasteiger charge is 2.13. The molecule has 1 unspecified atom stereocenters. The topological polar surface area (TPSA) is 12.0 Å². The molecule has 2 aromatic carbocycles. The fourth-order valence-corrected chi connectivity index (χ4v) is 1.95. The summed E-state index contributed by atoms with van der Waals surface area (Å²) in [7, 11) is 0. The second kappa shape index (κ2) is 5.94. The Morgan fingerprint density at radius 2 is 1.60 bits per heavy atom. The average molecular weight is 283 g/mol. The maximum atomic E-state index is 13.5. The van der Waals surface area contributed by atoms with Gasteiger partial charge in [-0.05, 0) is 31.0 Å². The fraction of sp³-hybridized carbons (Fsp3) is 0.200. The van der Waals surface area contributed by atoms with Gasteiger partial charge in [0.2, 0.25) is 0 Å². The average Bonchev–Trinajstić information content (AvgIpc) is 2.38. The monoisotopic (exact) mass is 283 g/mol. The third-order valence-electron chi connectivity index (χ3n) is 2.85. The van der Waals surface area contributed by atoms with Gasteiger partial charge in [-0.2, -0.15) is 0 Å². The molecule has 0 aromatic heterocycles. The Balaban J connectivity index is 2.08. The Kier molecular flexibility index (Phi) is 4.27. The Hall–Kier alpha value is -2.04. The smallest absolute Gasteiger partial charge is 0.182 e. The minimum absolute atomic E-state index is 0.225. The van der Waals surface area contributed by atoms with Crippen LogP contribution in [0.3, 0.4) is 0 Å². The summed E-state index contributed by atoms with van der Waals surface area (Å²) in [4.78, 5) is 0. The molecule has 2 rings (SSSR count). The number of anilines is 1. The number of hydrogen-bond donors (Lipinski definition) is 1. The van der Waals surface area contributed by atoms with Crippen LogP contribution in [0.1, 0.15) is 12.5 Å². The summed E-state index contributed by atoms with van der Waals surface area (Å²) in [5.41, 5.74) is 0.612. The molecule has 5 heteroatoms. The number of benzene rings is 2. The summed E-state index contributed by atoms with van der Waals surface area (Å²) in [5, 5.41) is 2.71. The molecular formula is C15H13F4N. The van der Waals surface area contributed by atoms with Gasteiger partial charge in [0, 0.05) is 18.2 Å². The SMILES string of the molecule is CC(Cc1ccc(F)cc1)Nc1cc(F)cc(F)c1F. The van der Waals surface area contributed by atoms with Crippen LogP contribution in [0.25, 0.3) is 0 Å². The predicted molar refractivity (Wildman–Crippen MR) is 69.5 cm³/mol. The zero-order chi connectivity index (χ0) is 14.7. The third-order valence-corrected chi connectivity index (χ3v) is 2.85. The zero-order valence-corrected chi connectivity index (χ0v) is 10.8. The molecule has 0 bridgehead atoms. The van der Waals surface area contributed by atoms with Crippen LogP contribution in [-0.4, -0.2) is 6.04 Å². The molecule has 0 heterocycles. The van der Waals surface area contributed by atoms with Crippen LogP contribution in [0.5, 0.6) is 0 Å². The molecule has 0 aliphatic rings. The fourth-order valence-electron chi connectivity index (χ4n) is 1.95. The molecule has 1 N–H and O–H groups in total. The van der Waals surface area contributed by atoms with Gasteiger partial charge in [0.25, 0.3) is 0 Å². The van der Waals surface area contributed by atoms with Crippen molar-refractivity contribution in [3.8, 4) is 0 Å².